The van der Waals surface area contributed by atoms with Crippen molar-refractivity contribution < 1.29 is 4.79 Å². The van der Waals surface area contributed by atoms with Crippen LogP contribution in [0.3, 0.4) is 0 Å². The monoisotopic (exact) mass is 336 g/mol. The van der Waals surface area contributed by atoms with Gasteiger partial charge in [0, 0.05) is 44.3 Å². The number of anilines is 2. The average molecular weight is 336 g/mol. The number of aromatic nitrogens is 2. The predicted octanol–water partition coefficient (Wildman–Crippen LogP) is 1.50. The molecule has 1 atom stereocenters. The number of hydrogen-bond donors (Lipinski definition) is 1. The molecule has 0 spiro atoms. The minimum absolute atomic E-state index is 0.0699. The summed E-state index contributed by atoms with van der Waals surface area (Å²) in [5.74, 6) is 0.659. The van der Waals surface area contributed by atoms with E-state index in [9.17, 15) is 4.79 Å². The van der Waals surface area contributed by atoms with E-state index < -0.39 is 0 Å². The van der Waals surface area contributed by atoms with E-state index in [0.717, 1.165) is 32.1 Å². The van der Waals surface area contributed by atoms with Crippen molar-refractivity contribution in [1.82, 2.24) is 14.9 Å². The van der Waals surface area contributed by atoms with Crippen molar-refractivity contribution in [3.63, 3.8) is 0 Å². The number of amides is 1. The summed E-state index contributed by atoms with van der Waals surface area (Å²) < 4.78 is 0. The summed E-state index contributed by atoms with van der Waals surface area (Å²) >= 11 is 0. The lowest BCUT2D eigenvalue weighted by molar-refractivity contribution is -0.120. The topological polar surface area (TPSA) is 85.2 Å². The normalized spacial score (nSPS) is 16.1. The molecule has 1 unspecified atom stereocenters. The maximum atomic E-state index is 12.5. The summed E-state index contributed by atoms with van der Waals surface area (Å²) in [6.45, 7) is 5.01. The highest BCUT2D eigenvalue weighted by molar-refractivity contribution is 5.94. The van der Waals surface area contributed by atoms with E-state index in [-0.39, 0.29) is 11.9 Å². The largest absolute Gasteiger partial charge is 0.338 e. The van der Waals surface area contributed by atoms with Gasteiger partial charge in [0.15, 0.2) is 0 Å². The van der Waals surface area contributed by atoms with Crippen molar-refractivity contribution in [2.45, 2.75) is 13.0 Å². The zero-order valence-electron chi connectivity index (χ0n) is 14.1. The highest BCUT2D eigenvalue weighted by Crippen LogP contribution is 2.14. The number of hydrogen-bond acceptors (Lipinski definition) is 6. The fraction of sp³-hybridized carbons (Fsp3) is 0.333. The zero-order chi connectivity index (χ0) is 17.6. The SMILES string of the molecule is CC(C(=O)Nc1cccc(C#N)c1)N1CCN(c2ncccn2)CC1. The number of rotatable bonds is 4. The van der Waals surface area contributed by atoms with Gasteiger partial charge in [-0.25, -0.2) is 9.97 Å². The van der Waals surface area contributed by atoms with Crippen LogP contribution in [0.4, 0.5) is 11.6 Å². The Morgan fingerprint density at radius 3 is 2.60 bits per heavy atom. The molecule has 1 aliphatic heterocycles. The van der Waals surface area contributed by atoms with E-state index in [0.29, 0.717) is 11.3 Å². The molecule has 1 aromatic carbocycles. The molecule has 128 valence electrons. The van der Waals surface area contributed by atoms with Gasteiger partial charge in [-0.2, -0.15) is 5.26 Å². The molecular weight excluding hydrogens is 316 g/mol. The lowest BCUT2D eigenvalue weighted by atomic mass is 10.2. The van der Waals surface area contributed by atoms with Crippen LogP contribution in [0.1, 0.15) is 12.5 Å². The number of nitriles is 1. The maximum Gasteiger partial charge on any atom is 0.241 e. The average Bonchev–Trinajstić information content (AvgIpc) is 2.68. The van der Waals surface area contributed by atoms with Gasteiger partial charge in [-0.15, -0.1) is 0 Å². The number of carbonyl (C=O) groups is 1. The van der Waals surface area contributed by atoms with Crippen LogP contribution >= 0.6 is 0 Å². The zero-order valence-corrected chi connectivity index (χ0v) is 14.1. The molecule has 0 aliphatic carbocycles. The van der Waals surface area contributed by atoms with E-state index in [4.69, 9.17) is 5.26 Å². The molecule has 7 nitrogen and oxygen atoms in total. The van der Waals surface area contributed by atoms with Gasteiger partial charge in [-0.1, -0.05) is 6.07 Å². The van der Waals surface area contributed by atoms with Crippen molar-refractivity contribution in [3.8, 4) is 6.07 Å². The van der Waals surface area contributed by atoms with Crippen molar-refractivity contribution in [1.29, 1.82) is 5.26 Å². The molecule has 0 bridgehead atoms. The van der Waals surface area contributed by atoms with Gasteiger partial charge in [-0.3, -0.25) is 9.69 Å². The molecule has 1 aliphatic rings. The highest BCUT2D eigenvalue weighted by Gasteiger charge is 2.26. The van der Waals surface area contributed by atoms with E-state index in [1.54, 1.807) is 42.7 Å². The molecule has 7 heteroatoms. The summed E-state index contributed by atoms with van der Waals surface area (Å²) in [4.78, 5) is 25.3. The fourth-order valence-electron chi connectivity index (χ4n) is 2.84. The third-order valence-electron chi connectivity index (χ3n) is 4.34. The second-order valence-electron chi connectivity index (χ2n) is 5.93. The Kier molecular flexibility index (Phi) is 5.21. The van der Waals surface area contributed by atoms with E-state index in [1.807, 2.05) is 6.92 Å². The number of benzene rings is 1. The molecule has 1 saturated heterocycles. The minimum atomic E-state index is -0.246. The first kappa shape index (κ1) is 16.9. The van der Waals surface area contributed by atoms with Crippen molar-refractivity contribution >= 4 is 17.5 Å². The third kappa shape index (κ3) is 4.11. The standard InChI is InChI=1S/C18H20N6O/c1-14(17(25)22-16-5-2-4-15(12-16)13-19)23-8-10-24(11-9-23)18-20-6-3-7-21-18/h2-7,12,14H,8-11H2,1H3,(H,22,25). The quantitative estimate of drug-likeness (QED) is 0.911. The van der Waals surface area contributed by atoms with Gasteiger partial charge in [0.05, 0.1) is 17.7 Å². The first-order valence-corrected chi connectivity index (χ1v) is 8.24. The molecular formula is C18H20N6O. The summed E-state index contributed by atoms with van der Waals surface area (Å²) in [6.07, 6.45) is 3.47. The van der Waals surface area contributed by atoms with Crippen LogP contribution < -0.4 is 10.2 Å². The molecule has 0 radical (unpaired) electrons. The Morgan fingerprint density at radius 2 is 1.92 bits per heavy atom. The molecule has 0 saturated carbocycles. The molecule has 1 aromatic heterocycles. The summed E-state index contributed by atoms with van der Waals surface area (Å²) in [6, 6.07) is 10.6. The molecule has 1 N–H and O–H groups in total. The Morgan fingerprint density at radius 1 is 1.20 bits per heavy atom. The van der Waals surface area contributed by atoms with Crippen molar-refractivity contribution in [2.24, 2.45) is 0 Å². The van der Waals surface area contributed by atoms with Crippen molar-refractivity contribution in [2.75, 3.05) is 36.4 Å². The van der Waals surface area contributed by atoms with Crippen LogP contribution in [-0.2, 0) is 4.79 Å². The van der Waals surface area contributed by atoms with Gasteiger partial charge >= 0.3 is 0 Å². The smallest absolute Gasteiger partial charge is 0.241 e. The molecule has 2 aromatic rings. The Bertz CT molecular complexity index is 765. The third-order valence-corrected chi connectivity index (χ3v) is 4.34. The van der Waals surface area contributed by atoms with Gasteiger partial charge in [0.25, 0.3) is 0 Å². The van der Waals surface area contributed by atoms with Gasteiger partial charge in [0.2, 0.25) is 11.9 Å². The number of nitrogens with zero attached hydrogens (tertiary/aromatic N) is 5. The van der Waals surface area contributed by atoms with Gasteiger partial charge < -0.3 is 10.2 Å². The summed E-state index contributed by atoms with van der Waals surface area (Å²) in [5, 5.41) is 11.8. The minimum Gasteiger partial charge on any atom is -0.338 e. The molecule has 25 heavy (non-hydrogen) atoms. The van der Waals surface area contributed by atoms with Crippen LogP contribution in [0.15, 0.2) is 42.7 Å². The van der Waals surface area contributed by atoms with Crippen LogP contribution in [0, 0.1) is 11.3 Å². The fourth-order valence-corrected chi connectivity index (χ4v) is 2.84. The van der Waals surface area contributed by atoms with Crippen LogP contribution in [0.2, 0.25) is 0 Å². The Hall–Kier alpha value is -2.98. The van der Waals surface area contributed by atoms with E-state index in [2.05, 4.69) is 31.2 Å². The number of piperazine rings is 1. The van der Waals surface area contributed by atoms with Crippen LogP contribution in [0.25, 0.3) is 0 Å². The molecule has 3 rings (SSSR count). The first-order valence-electron chi connectivity index (χ1n) is 8.24. The second kappa shape index (κ2) is 7.73. The molecule has 1 amide bonds. The Balaban J connectivity index is 1.56. The molecule has 2 heterocycles. The van der Waals surface area contributed by atoms with Crippen LogP contribution in [0.5, 0.6) is 0 Å². The predicted molar refractivity (Wildman–Crippen MR) is 95.1 cm³/mol. The lowest BCUT2D eigenvalue weighted by Crippen LogP contribution is -2.53. The summed E-state index contributed by atoms with van der Waals surface area (Å²) in [7, 11) is 0. The van der Waals surface area contributed by atoms with E-state index in [1.165, 1.54) is 0 Å². The van der Waals surface area contributed by atoms with Crippen LogP contribution in [-0.4, -0.2) is 53.0 Å². The first-order chi connectivity index (χ1) is 12.2. The lowest BCUT2D eigenvalue weighted by Gasteiger charge is -2.37. The molecule has 1 fully saturated rings. The van der Waals surface area contributed by atoms with Crippen molar-refractivity contribution in [3.05, 3.63) is 48.3 Å². The number of carbonyl (C=O) groups excluding carboxylic acids is 1. The summed E-state index contributed by atoms with van der Waals surface area (Å²) in [5.41, 5.74) is 1.18. The van der Waals surface area contributed by atoms with Gasteiger partial charge in [0.1, 0.15) is 0 Å². The number of nitrogens with one attached hydrogen (secondary N) is 1. The Labute approximate surface area is 146 Å². The maximum absolute atomic E-state index is 12.5. The highest BCUT2D eigenvalue weighted by atomic mass is 16.2. The van der Waals surface area contributed by atoms with Gasteiger partial charge in [-0.05, 0) is 31.2 Å². The van der Waals surface area contributed by atoms with E-state index >= 15 is 0 Å². The second-order valence-corrected chi connectivity index (χ2v) is 5.93.